The summed E-state index contributed by atoms with van der Waals surface area (Å²) in [5.74, 6) is 0.268. The van der Waals surface area contributed by atoms with Crippen LogP contribution in [0.3, 0.4) is 0 Å². The molecule has 0 aliphatic carbocycles. The molecule has 0 atom stereocenters. The van der Waals surface area contributed by atoms with E-state index in [0.717, 1.165) is 28.1 Å². The summed E-state index contributed by atoms with van der Waals surface area (Å²) >= 11 is 0. The van der Waals surface area contributed by atoms with Gasteiger partial charge in [-0.1, -0.05) is 36.4 Å². The number of ether oxygens (including phenoxy) is 1. The number of pyridine rings is 1. The van der Waals surface area contributed by atoms with E-state index in [9.17, 15) is 9.59 Å². The van der Waals surface area contributed by atoms with Crippen LogP contribution in [0.15, 0.2) is 73.1 Å². The second kappa shape index (κ2) is 10.1. The minimum Gasteiger partial charge on any atom is -0.487 e. The largest absolute Gasteiger partial charge is 0.487 e. The van der Waals surface area contributed by atoms with Crippen LogP contribution in [-0.2, 0) is 19.6 Å². The Bertz CT molecular complexity index is 1310. The first-order chi connectivity index (χ1) is 16.4. The third-order valence-electron chi connectivity index (χ3n) is 5.73. The number of primary amides is 1. The first kappa shape index (κ1) is 22.9. The van der Waals surface area contributed by atoms with Gasteiger partial charge in [0.1, 0.15) is 12.4 Å². The van der Waals surface area contributed by atoms with Gasteiger partial charge < -0.3 is 10.5 Å². The van der Waals surface area contributed by atoms with Gasteiger partial charge in [-0.2, -0.15) is 5.10 Å². The van der Waals surface area contributed by atoms with Crippen molar-refractivity contribution in [1.82, 2.24) is 14.8 Å². The zero-order valence-corrected chi connectivity index (χ0v) is 19.2. The predicted octanol–water partition coefficient (Wildman–Crippen LogP) is 4.05. The van der Waals surface area contributed by atoms with Gasteiger partial charge in [0.2, 0.25) is 5.91 Å². The van der Waals surface area contributed by atoms with Crippen molar-refractivity contribution in [3.8, 4) is 5.75 Å². The van der Waals surface area contributed by atoms with Crippen molar-refractivity contribution < 1.29 is 14.3 Å². The third kappa shape index (κ3) is 5.38. The summed E-state index contributed by atoms with van der Waals surface area (Å²) < 4.78 is 7.57. The Morgan fingerprint density at radius 1 is 0.971 bits per heavy atom. The van der Waals surface area contributed by atoms with E-state index < -0.39 is 5.91 Å². The molecule has 0 saturated carbocycles. The van der Waals surface area contributed by atoms with Crippen LogP contribution in [0, 0.1) is 13.8 Å². The van der Waals surface area contributed by atoms with Gasteiger partial charge in [-0.05, 0) is 49.2 Å². The van der Waals surface area contributed by atoms with Gasteiger partial charge in [0.15, 0.2) is 5.78 Å². The van der Waals surface area contributed by atoms with E-state index in [1.165, 1.54) is 0 Å². The second-order valence-electron chi connectivity index (χ2n) is 8.15. The van der Waals surface area contributed by atoms with Crippen molar-refractivity contribution in [3.63, 3.8) is 0 Å². The van der Waals surface area contributed by atoms with E-state index in [1.807, 2.05) is 61.0 Å². The number of amides is 1. The van der Waals surface area contributed by atoms with Crippen LogP contribution in [0.5, 0.6) is 5.75 Å². The van der Waals surface area contributed by atoms with Gasteiger partial charge in [-0.3, -0.25) is 19.3 Å². The number of ketones is 1. The lowest BCUT2D eigenvalue weighted by atomic mass is 10.0. The monoisotopic (exact) mass is 454 g/mol. The van der Waals surface area contributed by atoms with Gasteiger partial charge in [-0.15, -0.1) is 0 Å². The third-order valence-corrected chi connectivity index (χ3v) is 5.73. The molecule has 0 unspecified atom stereocenters. The predicted molar refractivity (Wildman–Crippen MR) is 129 cm³/mol. The summed E-state index contributed by atoms with van der Waals surface area (Å²) in [6.45, 7) is 4.76. The summed E-state index contributed by atoms with van der Waals surface area (Å²) in [5, 5.41) is 4.62. The Morgan fingerprint density at radius 3 is 2.47 bits per heavy atom. The maximum atomic E-state index is 13.0. The average molecular weight is 455 g/mol. The van der Waals surface area contributed by atoms with Gasteiger partial charge in [0.05, 0.1) is 18.4 Å². The van der Waals surface area contributed by atoms with Crippen LogP contribution in [0.1, 0.15) is 48.8 Å². The number of benzene rings is 2. The molecule has 34 heavy (non-hydrogen) atoms. The van der Waals surface area contributed by atoms with Gasteiger partial charge in [-0.25, -0.2) is 0 Å². The van der Waals surface area contributed by atoms with Crippen molar-refractivity contribution in [2.24, 2.45) is 5.73 Å². The maximum Gasteiger partial charge on any atom is 0.248 e. The highest BCUT2D eigenvalue weighted by Gasteiger charge is 2.17. The molecule has 2 aromatic heterocycles. The smallest absolute Gasteiger partial charge is 0.248 e. The summed E-state index contributed by atoms with van der Waals surface area (Å²) in [6, 6.07) is 18.3. The topological polar surface area (TPSA) is 100 Å². The lowest BCUT2D eigenvalue weighted by Crippen LogP contribution is -2.12. The van der Waals surface area contributed by atoms with Crippen LogP contribution in [0.25, 0.3) is 0 Å². The number of aryl methyl sites for hydroxylation is 1. The van der Waals surface area contributed by atoms with Crippen molar-refractivity contribution in [1.29, 1.82) is 0 Å². The molecule has 2 heterocycles. The minimum absolute atomic E-state index is 0.0289. The zero-order chi connectivity index (χ0) is 24.1. The fourth-order valence-electron chi connectivity index (χ4n) is 3.79. The van der Waals surface area contributed by atoms with Crippen LogP contribution in [0.4, 0.5) is 0 Å². The molecule has 7 nitrogen and oxygen atoms in total. The lowest BCUT2D eigenvalue weighted by Gasteiger charge is -2.08. The van der Waals surface area contributed by atoms with Gasteiger partial charge in [0, 0.05) is 35.0 Å². The highest BCUT2D eigenvalue weighted by atomic mass is 16.5. The normalized spacial score (nSPS) is 10.8. The zero-order valence-electron chi connectivity index (χ0n) is 19.2. The van der Waals surface area contributed by atoms with Crippen LogP contribution in [0.2, 0.25) is 0 Å². The molecule has 172 valence electrons. The van der Waals surface area contributed by atoms with Crippen molar-refractivity contribution in [2.45, 2.75) is 33.4 Å². The Morgan fingerprint density at radius 2 is 1.76 bits per heavy atom. The molecule has 0 spiro atoms. The molecule has 7 heteroatoms. The van der Waals surface area contributed by atoms with E-state index in [0.29, 0.717) is 30.0 Å². The molecule has 0 saturated heterocycles. The highest BCUT2D eigenvalue weighted by Crippen LogP contribution is 2.19. The fraction of sp³-hybridized carbons (Fsp3) is 0.185. The molecular formula is C27H26N4O3. The van der Waals surface area contributed by atoms with Gasteiger partial charge >= 0.3 is 0 Å². The van der Waals surface area contributed by atoms with Crippen molar-refractivity contribution in [2.75, 3.05) is 0 Å². The lowest BCUT2D eigenvalue weighted by molar-refractivity contribution is 0.0987. The summed E-state index contributed by atoms with van der Waals surface area (Å²) in [7, 11) is 0. The molecule has 0 bridgehead atoms. The van der Waals surface area contributed by atoms with E-state index in [1.54, 1.807) is 30.6 Å². The highest BCUT2D eigenvalue weighted by molar-refractivity contribution is 5.97. The number of hydrogen-bond donors (Lipinski definition) is 1. The quantitative estimate of drug-likeness (QED) is 0.385. The number of nitrogens with two attached hydrogens (primary N) is 1. The summed E-state index contributed by atoms with van der Waals surface area (Å²) in [6.07, 6.45) is 3.63. The molecule has 0 aliphatic heterocycles. The van der Waals surface area contributed by atoms with Gasteiger partial charge in [0.25, 0.3) is 0 Å². The number of hydrogen-bond acceptors (Lipinski definition) is 5. The Balaban J connectivity index is 1.42. The Kier molecular flexibility index (Phi) is 6.82. The first-order valence-electron chi connectivity index (χ1n) is 11.0. The SMILES string of the molecule is Cc1nn(Cc2cccc(C(N)=O)c2)c(C)c1CC(=O)c1ccc(COc2cccnc2)cc1. The maximum absolute atomic E-state index is 13.0. The first-order valence-corrected chi connectivity index (χ1v) is 11.0. The summed E-state index contributed by atoms with van der Waals surface area (Å²) in [4.78, 5) is 28.5. The minimum atomic E-state index is -0.462. The number of Topliss-reactive ketones (excluding diaryl/α,β-unsaturated/α-hetero) is 1. The molecule has 2 aromatic carbocycles. The molecule has 0 fully saturated rings. The van der Waals surface area contributed by atoms with E-state index in [-0.39, 0.29) is 12.2 Å². The Hall–Kier alpha value is -4.26. The standard InChI is InChI=1S/C27H26N4O3/c1-18-25(19(2)31(30-18)16-21-5-3-6-23(13-21)27(28)33)14-26(32)22-10-8-20(9-11-22)17-34-24-7-4-12-29-15-24/h3-13,15H,14,16-17H2,1-2H3,(H2,28,33). The molecular weight excluding hydrogens is 428 g/mol. The number of aromatic nitrogens is 3. The van der Waals surface area contributed by atoms with Crippen molar-refractivity contribution in [3.05, 3.63) is 112 Å². The van der Waals surface area contributed by atoms with E-state index >= 15 is 0 Å². The van der Waals surface area contributed by atoms with E-state index in [4.69, 9.17) is 10.5 Å². The average Bonchev–Trinajstić information content (AvgIpc) is 3.11. The molecule has 0 radical (unpaired) electrons. The molecule has 2 N–H and O–H groups in total. The molecule has 4 aromatic rings. The molecule has 1 amide bonds. The number of carbonyl (C=O) groups excluding carboxylic acids is 2. The summed E-state index contributed by atoms with van der Waals surface area (Å²) in [5.41, 5.74) is 11.0. The Labute approximate surface area is 198 Å². The van der Waals surface area contributed by atoms with Crippen LogP contribution < -0.4 is 10.5 Å². The van der Waals surface area contributed by atoms with Crippen molar-refractivity contribution >= 4 is 11.7 Å². The van der Waals surface area contributed by atoms with Crippen LogP contribution in [-0.4, -0.2) is 26.5 Å². The van der Waals surface area contributed by atoms with E-state index in [2.05, 4.69) is 10.1 Å². The second-order valence-corrected chi connectivity index (χ2v) is 8.15. The molecule has 4 rings (SSSR count). The number of nitrogens with zero attached hydrogens (tertiary/aromatic N) is 3. The number of rotatable bonds is 9. The molecule has 0 aliphatic rings. The number of carbonyl (C=O) groups is 2. The fourth-order valence-corrected chi connectivity index (χ4v) is 3.79. The van der Waals surface area contributed by atoms with Crippen LogP contribution >= 0.6 is 0 Å².